The zero-order valence-electron chi connectivity index (χ0n) is 1.93. The monoisotopic (exact) mass is 87.9 g/mol. The van der Waals surface area contributed by atoms with Gasteiger partial charge in [-0.3, -0.25) is 0 Å². The molecule has 0 heterocycles. The van der Waals surface area contributed by atoms with Crippen LogP contribution >= 0.6 is 0 Å². The molecule has 0 saturated carbocycles. The number of rotatable bonds is 0. The van der Waals surface area contributed by atoms with E-state index in [2.05, 4.69) is 0 Å². The van der Waals surface area contributed by atoms with Gasteiger partial charge in [0.2, 0.25) is 0 Å². The van der Waals surface area contributed by atoms with E-state index in [-0.39, 0.29) is 54.2 Å². The molecule has 0 bridgehead atoms. The summed E-state index contributed by atoms with van der Waals surface area (Å²) in [6.07, 6.45) is 0. The maximum atomic E-state index is 0. The molecule has 0 atom stereocenters. The summed E-state index contributed by atoms with van der Waals surface area (Å²) in [4.78, 5) is 0. The van der Waals surface area contributed by atoms with Gasteiger partial charge < -0.3 is 11.0 Å². The van der Waals surface area contributed by atoms with Crippen molar-refractivity contribution in [2.45, 2.75) is 0 Å². The van der Waals surface area contributed by atoms with Crippen molar-refractivity contribution in [3.63, 3.8) is 0 Å². The molecule has 0 rings (SSSR count). The molecule has 0 aliphatic heterocycles. The van der Waals surface area contributed by atoms with Gasteiger partial charge in [0.1, 0.15) is 0 Å². The second kappa shape index (κ2) is 31.4. The summed E-state index contributed by atoms with van der Waals surface area (Å²) in [6, 6.07) is 0. The van der Waals surface area contributed by atoms with Crippen molar-refractivity contribution in [2.75, 3.05) is 0 Å². The van der Waals surface area contributed by atoms with Crippen molar-refractivity contribution in [3.05, 3.63) is 0 Å². The van der Waals surface area contributed by atoms with Crippen molar-refractivity contribution in [1.29, 1.82) is 0 Å². The molecule has 0 fully saturated rings. The SMILES string of the molecule is [Ca+2].[O+2].[O-2].[O-2]. The average Bonchev–Trinajstić information content (AvgIpc) is 0. The maximum absolute atomic E-state index is 0. The summed E-state index contributed by atoms with van der Waals surface area (Å²) in [5, 5.41) is 0. The Labute approximate surface area is 53.9 Å². The van der Waals surface area contributed by atoms with Crippen LogP contribution in [-0.4, -0.2) is 37.7 Å². The van der Waals surface area contributed by atoms with E-state index in [0.717, 1.165) is 0 Å². The van der Waals surface area contributed by atoms with E-state index < -0.39 is 0 Å². The van der Waals surface area contributed by atoms with E-state index in [1.165, 1.54) is 0 Å². The fourth-order valence-corrected chi connectivity index (χ4v) is 0. The van der Waals surface area contributed by atoms with Crippen LogP contribution < -0.4 is 0 Å². The number of hydrogen-bond donors (Lipinski definition) is 0. The molecule has 0 spiro atoms. The second-order valence-corrected chi connectivity index (χ2v) is 0. The topological polar surface area (TPSA) is 85.5 Å². The molecule has 4 heteroatoms. The van der Waals surface area contributed by atoms with Crippen LogP contribution in [0.25, 0.3) is 0 Å². The van der Waals surface area contributed by atoms with Crippen LogP contribution in [0.3, 0.4) is 0 Å². The van der Waals surface area contributed by atoms with E-state index in [1.54, 1.807) is 0 Å². The first kappa shape index (κ1) is 67.8. The molecule has 4 heavy (non-hydrogen) atoms. The first-order valence-electron chi connectivity index (χ1n) is 0. The molecule has 0 aromatic heterocycles. The molecule has 0 N–H and O–H groups in total. The predicted molar refractivity (Wildman–Crippen MR) is 7.81 cm³/mol. The Hall–Kier alpha value is 1.14. The van der Waals surface area contributed by atoms with Gasteiger partial charge in [-0.05, 0) is 0 Å². The molecule has 0 aromatic carbocycles. The van der Waals surface area contributed by atoms with E-state index in [1.807, 2.05) is 0 Å². The van der Waals surface area contributed by atoms with Crippen LogP contribution in [0.2, 0.25) is 0 Å². The van der Waals surface area contributed by atoms with Gasteiger partial charge in [0, 0.05) is 0 Å². The smallest absolute Gasteiger partial charge is 2.00 e. The van der Waals surface area contributed by atoms with Crippen molar-refractivity contribution in [1.82, 2.24) is 0 Å². The van der Waals surface area contributed by atoms with Crippen LogP contribution in [0, 0.1) is 0 Å². The predicted octanol–water partition coefficient (Wildman–Crippen LogP) is -0.737. The van der Waals surface area contributed by atoms with Crippen molar-refractivity contribution < 1.29 is 16.4 Å². The largest absolute Gasteiger partial charge is 2.00 e. The van der Waals surface area contributed by atoms with E-state index >= 15 is 0 Å². The van der Waals surface area contributed by atoms with E-state index in [4.69, 9.17) is 0 Å². The Morgan fingerprint density at radius 2 is 0.750 bits per heavy atom. The van der Waals surface area contributed by atoms with Gasteiger partial charge >= 0.3 is 43.2 Å². The molecule has 0 aromatic rings. The van der Waals surface area contributed by atoms with Crippen molar-refractivity contribution in [2.24, 2.45) is 0 Å². The molecule has 0 saturated heterocycles. The van der Waals surface area contributed by atoms with Crippen molar-refractivity contribution >= 4 is 37.7 Å². The fraction of sp³-hybridized carbons (Fsp3) is 0. The Bertz CT molecular complexity index is 3.25. The van der Waals surface area contributed by atoms with Gasteiger partial charge in [0.25, 0.3) is 0 Å². The van der Waals surface area contributed by atoms with E-state index in [9.17, 15) is 0 Å². The standard InChI is InChI=1S/Ca.3O/q+2;2*-2;+2. The van der Waals surface area contributed by atoms with Crippen molar-refractivity contribution in [3.8, 4) is 0 Å². The van der Waals surface area contributed by atoms with Crippen LogP contribution in [0.5, 0.6) is 0 Å². The molecule has 0 aliphatic rings. The van der Waals surface area contributed by atoms with Gasteiger partial charge in [0.15, 0.2) is 0 Å². The van der Waals surface area contributed by atoms with Gasteiger partial charge in [0.05, 0.1) is 0 Å². The Morgan fingerprint density at radius 1 is 0.750 bits per heavy atom. The molecule has 0 unspecified atom stereocenters. The Morgan fingerprint density at radius 3 is 0.750 bits per heavy atom. The third-order valence-electron chi connectivity index (χ3n) is 0. The number of hydrogen-bond acceptors (Lipinski definition) is 0. The quantitative estimate of drug-likeness (QED) is 0.349. The van der Waals surface area contributed by atoms with Gasteiger partial charge in [-0.2, -0.15) is 0 Å². The normalized spacial score (nSPS) is 0. The minimum Gasteiger partial charge on any atom is -2.00 e. The Balaban J connectivity index is 0. The summed E-state index contributed by atoms with van der Waals surface area (Å²) >= 11 is 0. The van der Waals surface area contributed by atoms with Gasteiger partial charge in [-0.1, -0.05) is 0 Å². The summed E-state index contributed by atoms with van der Waals surface area (Å²) < 4.78 is 0. The second-order valence-electron chi connectivity index (χ2n) is 0. The van der Waals surface area contributed by atoms with Gasteiger partial charge in [-0.15, -0.1) is 0 Å². The summed E-state index contributed by atoms with van der Waals surface area (Å²) in [7, 11) is 0. The fourth-order valence-electron chi connectivity index (χ4n) is 0. The first-order valence-corrected chi connectivity index (χ1v) is 0. The molecule has 0 aliphatic carbocycles. The third kappa shape index (κ3) is 11.1. The molecule has 4 radical (unpaired) electrons. The molecular formula is CaO3. The molecule has 0 amide bonds. The first-order chi connectivity index (χ1) is 0. The zero-order chi connectivity index (χ0) is 0. The van der Waals surface area contributed by atoms with Gasteiger partial charge in [-0.25, -0.2) is 0 Å². The Kier molecular flexibility index (Phi) is 533. The van der Waals surface area contributed by atoms with E-state index in [0.29, 0.717) is 0 Å². The molecular weight excluding hydrogens is 88.1 g/mol. The summed E-state index contributed by atoms with van der Waals surface area (Å²) in [6.45, 7) is 0. The van der Waals surface area contributed by atoms with Crippen LogP contribution in [0.4, 0.5) is 0 Å². The minimum atomic E-state index is 0. The third-order valence-corrected chi connectivity index (χ3v) is 0. The van der Waals surface area contributed by atoms with Crippen LogP contribution in [0.15, 0.2) is 0 Å². The van der Waals surface area contributed by atoms with Crippen LogP contribution in [-0.2, 0) is 16.4 Å². The summed E-state index contributed by atoms with van der Waals surface area (Å²) in [5.41, 5.74) is 0. The molecule has 3 nitrogen and oxygen atoms in total. The summed E-state index contributed by atoms with van der Waals surface area (Å²) in [5.74, 6) is 0. The zero-order valence-corrected chi connectivity index (χ0v) is 4.14. The minimum absolute atomic E-state index is 0. The maximum Gasteiger partial charge on any atom is 2.00 e. The molecule has 20 valence electrons. The average molecular weight is 88.1 g/mol. The van der Waals surface area contributed by atoms with Crippen LogP contribution in [0.1, 0.15) is 0 Å².